The van der Waals surface area contributed by atoms with E-state index in [2.05, 4.69) is 12.2 Å². The van der Waals surface area contributed by atoms with Crippen molar-refractivity contribution < 1.29 is 9.47 Å². The predicted octanol–water partition coefficient (Wildman–Crippen LogP) is 2.85. The lowest BCUT2D eigenvalue weighted by atomic mass is 10.3. The van der Waals surface area contributed by atoms with Gasteiger partial charge in [0.25, 0.3) is 0 Å². The normalized spacial score (nSPS) is 10.2. The van der Waals surface area contributed by atoms with E-state index in [1.165, 1.54) is 12.8 Å². The fourth-order valence-electron chi connectivity index (χ4n) is 1.50. The molecular formula is C14H23NO2. The topological polar surface area (TPSA) is 30.5 Å². The van der Waals surface area contributed by atoms with Gasteiger partial charge in [0, 0.05) is 6.07 Å². The average molecular weight is 237 g/mol. The molecule has 0 aromatic heterocycles. The van der Waals surface area contributed by atoms with Crippen molar-refractivity contribution in [3.63, 3.8) is 0 Å². The van der Waals surface area contributed by atoms with Crippen LogP contribution >= 0.6 is 0 Å². The third-order valence-corrected chi connectivity index (χ3v) is 2.51. The van der Waals surface area contributed by atoms with Crippen LogP contribution in [0.3, 0.4) is 0 Å². The van der Waals surface area contributed by atoms with Gasteiger partial charge in [0.1, 0.15) is 11.5 Å². The van der Waals surface area contributed by atoms with E-state index < -0.39 is 0 Å². The number of benzene rings is 1. The van der Waals surface area contributed by atoms with Gasteiger partial charge in [-0.15, -0.1) is 0 Å². The molecule has 1 aromatic carbocycles. The second-order valence-electron chi connectivity index (χ2n) is 3.98. The molecular weight excluding hydrogens is 214 g/mol. The number of hydrogen-bond acceptors (Lipinski definition) is 3. The van der Waals surface area contributed by atoms with E-state index in [4.69, 9.17) is 9.47 Å². The molecule has 0 saturated heterocycles. The Kier molecular flexibility index (Phi) is 7.23. The number of nitrogens with one attached hydrogen (secondary N) is 1. The minimum Gasteiger partial charge on any atom is -0.497 e. The summed E-state index contributed by atoms with van der Waals surface area (Å²) >= 11 is 0. The van der Waals surface area contributed by atoms with Crippen LogP contribution in [0.15, 0.2) is 24.3 Å². The van der Waals surface area contributed by atoms with Crippen LogP contribution in [-0.4, -0.2) is 26.8 Å². The van der Waals surface area contributed by atoms with E-state index >= 15 is 0 Å². The maximum Gasteiger partial charge on any atom is 0.122 e. The lowest BCUT2D eigenvalue weighted by molar-refractivity contribution is 0.305. The van der Waals surface area contributed by atoms with Crippen LogP contribution in [0.4, 0.5) is 0 Å². The van der Waals surface area contributed by atoms with Crippen molar-refractivity contribution in [2.24, 2.45) is 0 Å². The molecule has 0 atom stereocenters. The highest BCUT2D eigenvalue weighted by Gasteiger charge is 1.96. The molecule has 0 amide bonds. The molecule has 0 aliphatic rings. The van der Waals surface area contributed by atoms with Gasteiger partial charge in [0.05, 0.1) is 13.7 Å². The molecule has 3 heteroatoms. The summed E-state index contributed by atoms with van der Waals surface area (Å²) in [6, 6.07) is 7.71. The summed E-state index contributed by atoms with van der Waals surface area (Å²) in [5.41, 5.74) is 0. The molecule has 0 bridgehead atoms. The number of unbranched alkanes of at least 4 members (excludes halogenated alkanes) is 1. The quantitative estimate of drug-likeness (QED) is 0.670. The van der Waals surface area contributed by atoms with E-state index in [9.17, 15) is 0 Å². The summed E-state index contributed by atoms with van der Waals surface area (Å²) in [4.78, 5) is 0. The second-order valence-corrected chi connectivity index (χ2v) is 3.98. The summed E-state index contributed by atoms with van der Waals surface area (Å²) in [6.07, 6.45) is 3.52. The van der Waals surface area contributed by atoms with Gasteiger partial charge in [-0.2, -0.15) is 0 Å². The van der Waals surface area contributed by atoms with Crippen LogP contribution in [0.2, 0.25) is 0 Å². The molecule has 1 rings (SSSR count). The zero-order chi connectivity index (χ0) is 12.3. The van der Waals surface area contributed by atoms with Crippen molar-refractivity contribution in [3.8, 4) is 11.5 Å². The highest BCUT2D eigenvalue weighted by molar-refractivity contribution is 5.32. The van der Waals surface area contributed by atoms with Crippen molar-refractivity contribution >= 4 is 0 Å². The smallest absolute Gasteiger partial charge is 0.122 e. The van der Waals surface area contributed by atoms with Crippen molar-refractivity contribution in [2.45, 2.75) is 26.2 Å². The fraction of sp³-hybridized carbons (Fsp3) is 0.571. The molecule has 0 unspecified atom stereocenters. The minimum absolute atomic E-state index is 0.742. The van der Waals surface area contributed by atoms with Crippen LogP contribution in [0.5, 0.6) is 11.5 Å². The first kappa shape index (κ1) is 13.8. The van der Waals surface area contributed by atoms with Gasteiger partial charge >= 0.3 is 0 Å². The molecule has 3 nitrogen and oxygen atoms in total. The molecule has 0 spiro atoms. The van der Waals surface area contributed by atoms with Crippen LogP contribution in [0.1, 0.15) is 26.2 Å². The monoisotopic (exact) mass is 237 g/mol. The van der Waals surface area contributed by atoms with Crippen molar-refractivity contribution in [1.82, 2.24) is 5.32 Å². The molecule has 0 aliphatic carbocycles. The summed E-state index contributed by atoms with van der Waals surface area (Å²) < 4.78 is 10.8. The van der Waals surface area contributed by atoms with Gasteiger partial charge in [-0.1, -0.05) is 19.4 Å². The third kappa shape index (κ3) is 6.17. The summed E-state index contributed by atoms with van der Waals surface area (Å²) in [5, 5.41) is 3.39. The Bertz CT molecular complexity index is 302. The first-order chi connectivity index (χ1) is 8.36. The molecule has 0 aliphatic heterocycles. The molecule has 17 heavy (non-hydrogen) atoms. The third-order valence-electron chi connectivity index (χ3n) is 2.51. The second kappa shape index (κ2) is 8.88. The van der Waals surface area contributed by atoms with Gasteiger partial charge in [-0.05, 0) is 38.1 Å². The Morgan fingerprint density at radius 1 is 1.12 bits per heavy atom. The summed E-state index contributed by atoms with van der Waals surface area (Å²) in [5.74, 6) is 1.71. The van der Waals surface area contributed by atoms with E-state index in [1.54, 1.807) is 7.11 Å². The first-order valence-corrected chi connectivity index (χ1v) is 6.34. The molecule has 0 radical (unpaired) electrons. The SMILES string of the molecule is CCCCNCCCOc1cccc(OC)c1. The maximum absolute atomic E-state index is 5.64. The summed E-state index contributed by atoms with van der Waals surface area (Å²) in [6.45, 7) is 5.07. The molecule has 96 valence electrons. The van der Waals surface area contributed by atoms with E-state index in [-0.39, 0.29) is 0 Å². The highest BCUT2D eigenvalue weighted by Crippen LogP contribution is 2.18. The largest absolute Gasteiger partial charge is 0.497 e. The van der Waals surface area contributed by atoms with Gasteiger partial charge in [-0.25, -0.2) is 0 Å². The van der Waals surface area contributed by atoms with Crippen LogP contribution < -0.4 is 14.8 Å². The van der Waals surface area contributed by atoms with E-state index in [0.29, 0.717) is 0 Å². The molecule has 0 heterocycles. The number of hydrogen-bond donors (Lipinski definition) is 1. The number of rotatable bonds is 9. The molecule has 0 saturated carbocycles. The number of methoxy groups -OCH3 is 1. The van der Waals surface area contributed by atoms with Crippen LogP contribution in [0.25, 0.3) is 0 Å². The fourth-order valence-corrected chi connectivity index (χ4v) is 1.50. The predicted molar refractivity (Wildman–Crippen MR) is 70.9 cm³/mol. The lowest BCUT2D eigenvalue weighted by Crippen LogP contribution is -2.18. The minimum atomic E-state index is 0.742. The van der Waals surface area contributed by atoms with Gasteiger partial charge in [0.15, 0.2) is 0 Å². The standard InChI is InChI=1S/C14H23NO2/c1-3-4-9-15-10-6-11-17-14-8-5-7-13(12-14)16-2/h5,7-8,12,15H,3-4,6,9-11H2,1-2H3. The van der Waals surface area contributed by atoms with E-state index in [0.717, 1.165) is 37.6 Å². The van der Waals surface area contributed by atoms with Crippen molar-refractivity contribution in [2.75, 3.05) is 26.8 Å². The zero-order valence-corrected chi connectivity index (χ0v) is 10.9. The van der Waals surface area contributed by atoms with Crippen molar-refractivity contribution in [3.05, 3.63) is 24.3 Å². The van der Waals surface area contributed by atoms with Gasteiger partial charge in [-0.3, -0.25) is 0 Å². The van der Waals surface area contributed by atoms with Gasteiger partial charge in [0.2, 0.25) is 0 Å². The van der Waals surface area contributed by atoms with Gasteiger partial charge < -0.3 is 14.8 Å². The molecule has 1 N–H and O–H groups in total. The Morgan fingerprint density at radius 3 is 2.65 bits per heavy atom. The lowest BCUT2D eigenvalue weighted by Gasteiger charge is -2.08. The number of ether oxygens (including phenoxy) is 2. The van der Waals surface area contributed by atoms with Crippen LogP contribution in [0, 0.1) is 0 Å². The Balaban J connectivity index is 2.09. The zero-order valence-electron chi connectivity index (χ0n) is 10.9. The summed E-state index contributed by atoms with van der Waals surface area (Å²) in [7, 11) is 1.66. The van der Waals surface area contributed by atoms with E-state index in [1.807, 2.05) is 24.3 Å². The Labute approximate surface area is 104 Å². The maximum atomic E-state index is 5.64. The highest BCUT2D eigenvalue weighted by atomic mass is 16.5. The molecule has 0 fully saturated rings. The molecule has 1 aromatic rings. The van der Waals surface area contributed by atoms with Crippen LogP contribution in [-0.2, 0) is 0 Å². The van der Waals surface area contributed by atoms with Crippen molar-refractivity contribution in [1.29, 1.82) is 0 Å². The average Bonchev–Trinajstić information content (AvgIpc) is 2.38. The first-order valence-electron chi connectivity index (χ1n) is 6.34. The Hall–Kier alpha value is -1.22. The Morgan fingerprint density at radius 2 is 1.88 bits per heavy atom.